The number of rotatable bonds is 6. The average Bonchev–Trinajstić information content (AvgIpc) is 2.67. The van der Waals surface area contributed by atoms with Gasteiger partial charge in [0.2, 0.25) is 5.91 Å². The normalized spacial score (nSPS) is 13.6. The van der Waals surface area contributed by atoms with Crippen LogP contribution < -0.4 is 5.32 Å². The first kappa shape index (κ1) is 17.8. The highest BCUT2D eigenvalue weighted by Crippen LogP contribution is 2.09. The van der Waals surface area contributed by atoms with Crippen LogP contribution in [0.3, 0.4) is 0 Å². The van der Waals surface area contributed by atoms with E-state index < -0.39 is 6.10 Å². The number of nitrogens with one attached hydrogen (secondary N) is 1. The molecule has 5 heteroatoms. The number of para-hydroxylation sites is 2. The number of hydrogen-bond acceptors (Lipinski definition) is 4. The minimum absolute atomic E-state index is 0.278. The molecule has 3 rings (SSSR count). The van der Waals surface area contributed by atoms with Gasteiger partial charge in [-0.2, -0.15) is 0 Å². The van der Waals surface area contributed by atoms with Crippen molar-refractivity contribution in [3.05, 3.63) is 78.1 Å². The van der Waals surface area contributed by atoms with Crippen molar-refractivity contribution >= 4 is 23.0 Å². The van der Waals surface area contributed by atoms with E-state index in [0.29, 0.717) is 12.1 Å². The molecule has 0 radical (unpaired) electrons. The predicted octanol–water partition coefficient (Wildman–Crippen LogP) is 2.75. The maximum absolute atomic E-state index is 12.1. The fourth-order valence-corrected chi connectivity index (χ4v) is 2.61. The first-order valence-corrected chi connectivity index (χ1v) is 8.54. The number of aliphatic hydroxyl groups excluding tert-OH is 1. The molecule has 1 heterocycles. The Labute approximate surface area is 152 Å². The van der Waals surface area contributed by atoms with Crippen LogP contribution in [0.15, 0.2) is 66.9 Å². The number of carbonyl (C=O) groups excluding carboxylic acids is 1. The number of hydrogen-bond donors (Lipinski definition) is 2. The van der Waals surface area contributed by atoms with Gasteiger partial charge >= 0.3 is 0 Å². The van der Waals surface area contributed by atoms with Gasteiger partial charge in [-0.3, -0.25) is 9.78 Å². The minimum Gasteiger partial charge on any atom is -0.391 e. The van der Waals surface area contributed by atoms with E-state index >= 15 is 0 Å². The van der Waals surface area contributed by atoms with Gasteiger partial charge < -0.3 is 10.4 Å². The van der Waals surface area contributed by atoms with Crippen molar-refractivity contribution in [2.75, 3.05) is 0 Å². The lowest BCUT2D eigenvalue weighted by atomic mass is 10.0. The fraction of sp³-hybridized carbons (Fsp3) is 0.190. The smallest absolute Gasteiger partial charge is 0.244 e. The van der Waals surface area contributed by atoms with E-state index in [-0.39, 0.29) is 11.9 Å². The molecule has 2 N–H and O–H groups in total. The Bertz CT molecular complexity index is 909. The molecule has 0 bridgehead atoms. The summed E-state index contributed by atoms with van der Waals surface area (Å²) in [7, 11) is 0. The third-order valence-electron chi connectivity index (χ3n) is 4.11. The van der Waals surface area contributed by atoms with Crippen LogP contribution in [0.1, 0.15) is 18.2 Å². The lowest BCUT2D eigenvalue weighted by molar-refractivity contribution is -0.117. The molecular formula is C21H21N3O2. The van der Waals surface area contributed by atoms with Crippen molar-refractivity contribution in [1.29, 1.82) is 0 Å². The van der Waals surface area contributed by atoms with E-state index in [1.54, 1.807) is 19.2 Å². The maximum Gasteiger partial charge on any atom is 0.244 e. The molecule has 2 atom stereocenters. The second-order valence-electron chi connectivity index (χ2n) is 6.17. The molecule has 0 fully saturated rings. The van der Waals surface area contributed by atoms with Crippen molar-refractivity contribution in [1.82, 2.24) is 15.3 Å². The van der Waals surface area contributed by atoms with E-state index in [9.17, 15) is 9.90 Å². The molecular weight excluding hydrogens is 326 g/mol. The highest BCUT2D eigenvalue weighted by Gasteiger charge is 2.15. The Balaban J connectivity index is 1.57. The zero-order valence-corrected chi connectivity index (χ0v) is 14.5. The third kappa shape index (κ3) is 4.74. The van der Waals surface area contributed by atoms with Crippen LogP contribution in [0.5, 0.6) is 0 Å². The fourth-order valence-electron chi connectivity index (χ4n) is 2.61. The van der Waals surface area contributed by atoms with Gasteiger partial charge in [0.25, 0.3) is 0 Å². The van der Waals surface area contributed by atoms with Crippen LogP contribution in [-0.2, 0) is 11.2 Å². The van der Waals surface area contributed by atoms with E-state index in [1.807, 2.05) is 54.6 Å². The van der Waals surface area contributed by atoms with Gasteiger partial charge in [-0.1, -0.05) is 42.5 Å². The summed E-state index contributed by atoms with van der Waals surface area (Å²) in [6, 6.07) is 16.9. The average molecular weight is 347 g/mol. The Kier molecular flexibility index (Phi) is 5.71. The molecule has 0 saturated heterocycles. The molecule has 26 heavy (non-hydrogen) atoms. The lowest BCUT2D eigenvalue weighted by Crippen LogP contribution is -2.41. The van der Waals surface area contributed by atoms with Gasteiger partial charge in [0.1, 0.15) is 0 Å². The Morgan fingerprint density at radius 3 is 2.58 bits per heavy atom. The summed E-state index contributed by atoms with van der Waals surface area (Å²) in [5.74, 6) is -0.278. The minimum atomic E-state index is -0.657. The number of benzene rings is 2. The number of nitrogens with zero attached hydrogens (tertiary/aromatic N) is 2. The van der Waals surface area contributed by atoms with Gasteiger partial charge in [0, 0.05) is 12.5 Å². The zero-order chi connectivity index (χ0) is 18.4. The highest BCUT2D eigenvalue weighted by atomic mass is 16.3. The number of carbonyl (C=O) groups is 1. The summed E-state index contributed by atoms with van der Waals surface area (Å²) in [5.41, 5.74) is 3.23. The van der Waals surface area contributed by atoms with Crippen LogP contribution in [0.25, 0.3) is 17.1 Å². The molecule has 132 valence electrons. The maximum atomic E-state index is 12.1. The predicted molar refractivity (Wildman–Crippen MR) is 102 cm³/mol. The Morgan fingerprint density at radius 2 is 1.81 bits per heavy atom. The van der Waals surface area contributed by atoms with Crippen LogP contribution >= 0.6 is 0 Å². The van der Waals surface area contributed by atoms with E-state index in [2.05, 4.69) is 15.3 Å². The van der Waals surface area contributed by atoms with Crippen molar-refractivity contribution in [2.45, 2.75) is 25.5 Å². The van der Waals surface area contributed by atoms with Crippen LogP contribution in [0.2, 0.25) is 0 Å². The number of aliphatic hydroxyl groups is 1. The lowest BCUT2D eigenvalue weighted by Gasteiger charge is -2.19. The van der Waals surface area contributed by atoms with Crippen molar-refractivity contribution in [3.63, 3.8) is 0 Å². The highest BCUT2D eigenvalue weighted by molar-refractivity contribution is 5.91. The van der Waals surface area contributed by atoms with Gasteiger partial charge in [-0.25, -0.2) is 4.98 Å². The SMILES string of the molecule is CC(NC(=O)/C=C/c1cnc2ccccc2n1)C(O)Cc1ccccc1. The molecule has 3 aromatic rings. The van der Waals surface area contributed by atoms with Crippen molar-refractivity contribution in [2.24, 2.45) is 0 Å². The summed E-state index contributed by atoms with van der Waals surface area (Å²) in [5, 5.41) is 13.0. The molecule has 0 aliphatic heterocycles. The van der Waals surface area contributed by atoms with Gasteiger partial charge in [-0.05, 0) is 30.7 Å². The van der Waals surface area contributed by atoms with Crippen LogP contribution in [-0.4, -0.2) is 33.1 Å². The van der Waals surface area contributed by atoms with E-state index in [4.69, 9.17) is 0 Å². The summed E-state index contributed by atoms with van der Waals surface area (Å²) >= 11 is 0. The summed E-state index contributed by atoms with van der Waals surface area (Å²) in [6.07, 6.45) is 4.48. The topological polar surface area (TPSA) is 75.1 Å². The third-order valence-corrected chi connectivity index (χ3v) is 4.11. The first-order chi connectivity index (χ1) is 12.6. The second-order valence-corrected chi connectivity index (χ2v) is 6.17. The Hall–Kier alpha value is -3.05. The molecule has 2 aromatic carbocycles. The largest absolute Gasteiger partial charge is 0.391 e. The molecule has 0 saturated carbocycles. The number of fused-ring (bicyclic) bond motifs is 1. The molecule has 1 amide bonds. The summed E-state index contributed by atoms with van der Waals surface area (Å²) < 4.78 is 0. The second kappa shape index (κ2) is 8.36. The molecule has 0 aliphatic rings. The summed E-state index contributed by atoms with van der Waals surface area (Å²) in [6.45, 7) is 1.79. The Morgan fingerprint density at radius 1 is 1.12 bits per heavy atom. The summed E-state index contributed by atoms with van der Waals surface area (Å²) in [4.78, 5) is 20.8. The van der Waals surface area contributed by atoms with Gasteiger partial charge in [-0.15, -0.1) is 0 Å². The van der Waals surface area contributed by atoms with Crippen molar-refractivity contribution < 1.29 is 9.90 Å². The van der Waals surface area contributed by atoms with Gasteiger partial charge in [0.05, 0.1) is 35.1 Å². The molecule has 0 spiro atoms. The van der Waals surface area contributed by atoms with E-state index in [1.165, 1.54) is 6.08 Å². The van der Waals surface area contributed by atoms with E-state index in [0.717, 1.165) is 16.6 Å². The number of aromatic nitrogens is 2. The quantitative estimate of drug-likeness (QED) is 0.673. The molecule has 1 aromatic heterocycles. The number of amides is 1. The van der Waals surface area contributed by atoms with Crippen LogP contribution in [0.4, 0.5) is 0 Å². The molecule has 0 aliphatic carbocycles. The van der Waals surface area contributed by atoms with Crippen LogP contribution in [0, 0.1) is 0 Å². The first-order valence-electron chi connectivity index (χ1n) is 8.54. The zero-order valence-electron chi connectivity index (χ0n) is 14.5. The van der Waals surface area contributed by atoms with Gasteiger partial charge in [0.15, 0.2) is 0 Å². The standard InChI is InChI=1S/C21H21N3O2/c1-15(20(25)13-16-7-3-2-4-8-16)23-21(26)12-11-17-14-22-18-9-5-6-10-19(18)24-17/h2-12,14-15,20,25H,13H2,1H3,(H,23,26)/b12-11+. The monoisotopic (exact) mass is 347 g/mol. The molecule has 2 unspecified atom stereocenters. The molecule has 5 nitrogen and oxygen atoms in total. The van der Waals surface area contributed by atoms with Crippen molar-refractivity contribution in [3.8, 4) is 0 Å².